The Hall–Kier alpha value is -2.94. The zero-order valence-corrected chi connectivity index (χ0v) is 20.5. The molecule has 1 aromatic carbocycles. The number of thiocarbonyl (C=S) groups is 1. The summed E-state index contributed by atoms with van der Waals surface area (Å²) >= 11 is 12.3. The Balaban J connectivity index is 1.77. The van der Waals surface area contributed by atoms with Gasteiger partial charge in [0.05, 0.1) is 28.5 Å². The average Bonchev–Trinajstić information content (AvgIpc) is 3.27. The molecule has 2 N–H and O–H groups in total. The van der Waals surface area contributed by atoms with Gasteiger partial charge in [0.2, 0.25) is 5.91 Å². The standard InChI is InChI=1S/C24H26ClN5O2S/c1-14-11-17(15(2)29(14)3)23-22(20-7-5-6-10-26-20)28-24(33)30(23)16-8-9-19(18(25)12-16)27-21(31)13-32-4/h5-12,22-23H,13H2,1-4H3,(H,27,31)(H,28,33)/t22-,23+/m0/s1. The molecule has 172 valence electrons. The number of hydrogen-bond acceptors (Lipinski definition) is 4. The van der Waals surface area contributed by atoms with Gasteiger partial charge >= 0.3 is 0 Å². The lowest BCUT2D eigenvalue weighted by atomic mass is 9.96. The number of rotatable bonds is 6. The number of aromatic nitrogens is 2. The number of ether oxygens (including phenoxy) is 1. The number of nitrogens with one attached hydrogen (secondary N) is 2. The van der Waals surface area contributed by atoms with Crippen LogP contribution in [0.3, 0.4) is 0 Å². The molecule has 33 heavy (non-hydrogen) atoms. The van der Waals surface area contributed by atoms with Crippen LogP contribution < -0.4 is 15.5 Å². The van der Waals surface area contributed by atoms with Gasteiger partial charge in [-0.3, -0.25) is 9.78 Å². The highest BCUT2D eigenvalue weighted by molar-refractivity contribution is 7.80. The molecule has 1 amide bonds. The van der Waals surface area contributed by atoms with Gasteiger partial charge in [-0.05, 0) is 68.0 Å². The summed E-state index contributed by atoms with van der Waals surface area (Å²) < 4.78 is 7.05. The Morgan fingerprint density at radius 1 is 1.27 bits per heavy atom. The van der Waals surface area contributed by atoms with Crippen molar-refractivity contribution in [2.45, 2.75) is 25.9 Å². The number of anilines is 2. The third-order valence-electron chi connectivity index (χ3n) is 6.01. The van der Waals surface area contributed by atoms with Gasteiger partial charge in [-0.2, -0.15) is 0 Å². The van der Waals surface area contributed by atoms with E-state index in [2.05, 4.69) is 52.0 Å². The van der Waals surface area contributed by atoms with E-state index < -0.39 is 0 Å². The van der Waals surface area contributed by atoms with Gasteiger partial charge in [0.25, 0.3) is 0 Å². The van der Waals surface area contributed by atoms with E-state index in [0.717, 1.165) is 28.3 Å². The Morgan fingerprint density at radius 3 is 2.67 bits per heavy atom. The van der Waals surface area contributed by atoms with E-state index in [1.54, 1.807) is 12.3 Å². The summed E-state index contributed by atoms with van der Waals surface area (Å²) in [7, 11) is 3.53. The molecule has 9 heteroatoms. The molecule has 3 aromatic rings. The smallest absolute Gasteiger partial charge is 0.250 e. The van der Waals surface area contributed by atoms with E-state index >= 15 is 0 Å². The molecule has 2 aromatic heterocycles. The van der Waals surface area contributed by atoms with Crippen molar-refractivity contribution >= 4 is 46.2 Å². The van der Waals surface area contributed by atoms with E-state index in [9.17, 15) is 4.79 Å². The topological polar surface area (TPSA) is 71.4 Å². The van der Waals surface area contributed by atoms with Crippen LogP contribution in [-0.2, 0) is 16.6 Å². The first-order valence-corrected chi connectivity index (χ1v) is 11.3. The third kappa shape index (κ3) is 4.46. The molecular formula is C24H26ClN5O2S. The highest BCUT2D eigenvalue weighted by Crippen LogP contribution is 2.44. The van der Waals surface area contributed by atoms with Crippen molar-refractivity contribution in [3.05, 3.63) is 76.3 Å². The minimum Gasteiger partial charge on any atom is -0.375 e. The molecule has 0 spiro atoms. The molecule has 3 heterocycles. The number of pyridine rings is 1. The lowest BCUT2D eigenvalue weighted by Crippen LogP contribution is -2.29. The predicted octanol–water partition coefficient (Wildman–Crippen LogP) is 4.45. The van der Waals surface area contributed by atoms with Gasteiger partial charge in [0, 0.05) is 37.4 Å². The molecule has 7 nitrogen and oxygen atoms in total. The van der Waals surface area contributed by atoms with Crippen molar-refractivity contribution in [2.24, 2.45) is 7.05 Å². The minimum atomic E-state index is -0.269. The van der Waals surface area contributed by atoms with Gasteiger partial charge in [-0.15, -0.1) is 0 Å². The molecule has 0 radical (unpaired) electrons. The van der Waals surface area contributed by atoms with Crippen LogP contribution in [0.5, 0.6) is 0 Å². The Labute approximate surface area is 203 Å². The molecular weight excluding hydrogens is 458 g/mol. The zero-order chi connectivity index (χ0) is 23.7. The van der Waals surface area contributed by atoms with Crippen LogP contribution in [0.2, 0.25) is 5.02 Å². The highest BCUT2D eigenvalue weighted by atomic mass is 35.5. The zero-order valence-electron chi connectivity index (χ0n) is 18.9. The first-order valence-electron chi connectivity index (χ1n) is 10.5. The largest absolute Gasteiger partial charge is 0.375 e. The molecule has 1 aliphatic heterocycles. The first kappa shape index (κ1) is 23.2. The van der Waals surface area contributed by atoms with E-state index in [0.29, 0.717) is 15.8 Å². The van der Waals surface area contributed by atoms with Crippen molar-refractivity contribution in [1.82, 2.24) is 14.9 Å². The summed E-state index contributed by atoms with van der Waals surface area (Å²) in [6, 6.07) is 13.3. The summed E-state index contributed by atoms with van der Waals surface area (Å²) in [6.45, 7) is 4.16. The van der Waals surface area contributed by atoms with Crippen LogP contribution in [0, 0.1) is 13.8 Å². The minimum absolute atomic E-state index is 0.0430. The number of methoxy groups -OCH3 is 1. The van der Waals surface area contributed by atoms with Crippen LogP contribution >= 0.6 is 23.8 Å². The van der Waals surface area contributed by atoms with Gasteiger partial charge in [-0.25, -0.2) is 0 Å². The van der Waals surface area contributed by atoms with Crippen molar-refractivity contribution in [3.63, 3.8) is 0 Å². The summed E-state index contributed by atoms with van der Waals surface area (Å²) in [4.78, 5) is 18.6. The van der Waals surface area contributed by atoms with Crippen molar-refractivity contribution in [3.8, 4) is 0 Å². The van der Waals surface area contributed by atoms with Gasteiger partial charge in [0.15, 0.2) is 5.11 Å². The Morgan fingerprint density at radius 2 is 2.06 bits per heavy atom. The average molecular weight is 484 g/mol. The molecule has 1 fully saturated rings. The fraction of sp³-hybridized carbons (Fsp3) is 0.292. The molecule has 0 aliphatic carbocycles. The second-order valence-corrected chi connectivity index (χ2v) is 8.82. The second kappa shape index (κ2) is 9.51. The monoisotopic (exact) mass is 483 g/mol. The third-order valence-corrected chi connectivity index (χ3v) is 6.64. The molecule has 0 saturated carbocycles. The van der Waals surface area contributed by atoms with E-state index in [4.69, 9.17) is 28.6 Å². The van der Waals surface area contributed by atoms with Crippen LogP contribution in [0.25, 0.3) is 0 Å². The fourth-order valence-corrected chi connectivity index (χ4v) is 4.77. The number of aryl methyl sites for hydroxylation is 1. The lowest BCUT2D eigenvalue weighted by molar-refractivity contribution is -0.119. The maximum absolute atomic E-state index is 11.9. The summed E-state index contributed by atoms with van der Waals surface area (Å²) in [5.41, 5.74) is 5.73. The summed E-state index contributed by atoms with van der Waals surface area (Å²) in [5, 5.41) is 7.23. The molecule has 0 bridgehead atoms. The van der Waals surface area contributed by atoms with Crippen LogP contribution in [0.15, 0.2) is 48.7 Å². The van der Waals surface area contributed by atoms with E-state index in [-0.39, 0.29) is 24.6 Å². The van der Waals surface area contributed by atoms with Crippen molar-refractivity contribution in [2.75, 3.05) is 23.9 Å². The fourth-order valence-electron chi connectivity index (χ4n) is 4.21. The molecule has 1 saturated heterocycles. The van der Waals surface area contributed by atoms with Crippen LogP contribution in [-0.4, -0.2) is 34.3 Å². The second-order valence-electron chi connectivity index (χ2n) is 8.03. The van der Waals surface area contributed by atoms with E-state index in [1.165, 1.54) is 7.11 Å². The maximum Gasteiger partial charge on any atom is 0.250 e. The molecule has 4 rings (SSSR count). The molecule has 1 aliphatic rings. The van der Waals surface area contributed by atoms with Crippen LogP contribution in [0.1, 0.15) is 34.7 Å². The van der Waals surface area contributed by atoms with Crippen molar-refractivity contribution < 1.29 is 9.53 Å². The number of halogens is 1. The predicted molar refractivity (Wildman–Crippen MR) is 135 cm³/mol. The summed E-state index contributed by atoms with van der Waals surface area (Å²) in [6.07, 6.45) is 1.79. The lowest BCUT2D eigenvalue weighted by Gasteiger charge is -2.28. The van der Waals surface area contributed by atoms with Crippen molar-refractivity contribution in [1.29, 1.82) is 0 Å². The SMILES string of the molecule is COCC(=O)Nc1ccc(N2C(=S)N[C@@H](c3ccccn3)[C@H]2c2cc(C)n(C)c2C)cc1Cl. The molecule has 0 unspecified atom stereocenters. The number of benzene rings is 1. The number of nitrogens with zero attached hydrogens (tertiary/aromatic N) is 3. The highest BCUT2D eigenvalue weighted by Gasteiger charge is 2.42. The van der Waals surface area contributed by atoms with Gasteiger partial charge in [-0.1, -0.05) is 17.7 Å². The van der Waals surface area contributed by atoms with Crippen LogP contribution in [0.4, 0.5) is 11.4 Å². The number of carbonyl (C=O) groups is 1. The number of carbonyl (C=O) groups excluding carboxylic acids is 1. The first-order chi connectivity index (χ1) is 15.8. The number of amides is 1. The Bertz CT molecular complexity index is 1200. The molecule has 2 atom stereocenters. The maximum atomic E-state index is 11.9. The Kier molecular flexibility index (Phi) is 6.69. The van der Waals surface area contributed by atoms with Gasteiger partial charge in [0.1, 0.15) is 6.61 Å². The summed E-state index contributed by atoms with van der Waals surface area (Å²) in [5.74, 6) is -0.269. The quantitative estimate of drug-likeness (QED) is 0.505. The van der Waals surface area contributed by atoms with E-state index in [1.807, 2.05) is 30.3 Å². The number of hydrogen-bond donors (Lipinski definition) is 2. The normalized spacial score (nSPS) is 17.8. The van der Waals surface area contributed by atoms with Gasteiger partial charge < -0.3 is 24.8 Å².